The fourth-order valence-electron chi connectivity index (χ4n) is 4.57. The Morgan fingerprint density at radius 1 is 1.03 bits per heavy atom. The fourth-order valence-corrected chi connectivity index (χ4v) is 4.57. The molecular formula is C23H29N7O. The summed E-state index contributed by atoms with van der Waals surface area (Å²) in [5.74, 6) is 2.87. The lowest BCUT2D eigenvalue weighted by Gasteiger charge is -2.34. The standard InChI is InChI=1S/C23H29N7O/c1-28(2)19-9-5-8-17(24-19)21-25-18-10-11-20(26-22(18)27-21)30-14-6-7-16(15-30)23(31)29-12-3-4-13-29/h5,8-11,16H,3-4,6-7,12-15H2,1-2H3,(H,25,26,27). The van der Waals surface area contributed by atoms with Crippen molar-refractivity contribution in [3.8, 4) is 11.5 Å². The Hall–Kier alpha value is -3.16. The van der Waals surface area contributed by atoms with Crippen LogP contribution in [-0.2, 0) is 4.79 Å². The number of H-pyrrole nitrogens is 1. The number of carbonyl (C=O) groups is 1. The smallest absolute Gasteiger partial charge is 0.227 e. The topological polar surface area (TPSA) is 81.3 Å². The van der Waals surface area contributed by atoms with Gasteiger partial charge in [-0.05, 0) is 49.9 Å². The summed E-state index contributed by atoms with van der Waals surface area (Å²) >= 11 is 0. The van der Waals surface area contributed by atoms with Crippen LogP contribution in [0.5, 0.6) is 0 Å². The van der Waals surface area contributed by atoms with Gasteiger partial charge in [-0.2, -0.15) is 0 Å². The molecule has 8 nitrogen and oxygen atoms in total. The van der Waals surface area contributed by atoms with Gasteiger partial charge in [-0.3, -0.25) is 4.79 Å². The van der Waals surface area contributed by atoms with E-state index < -0.39 is 0 Å². The fraction of sp³-hybridized carbons (Fsp3) is 0.478. The van der Waals surface area contributed by atoms with Crippen molar-refractivity contribution in [2.75, 3.05) is 50.1 Å². The monoisotopic (exact) mass is 419 g/mol. The molecule has 0 spiro atoms. The second-order valence-corrected chi connectivity index (χ2v) is 8.72. The molecule has 0 saturated carbocycles. The molecule has 0 aromatic carbocycles. The van der Waals surface area contributed by atoms with Crippen LogP contribution < -0.4 is 9.80 Å². The van der Waals surface area contributed by atoms with E-state index in [1.807, 2.05) is 54.2 Å². The quantitative estimate of drug-likeness (QED) is 0.700. The summed E-state index contributed by atoms with van der Waals surface area (Å²) in [6.45, 7) is 3.49. The molecule has 2 saturated heterocycles. The Morgan fingerprint density at radius 3 is 2.68 bits per heavy atom. The number of pyridine rings is 2. The van der Waals surface area contributed by atoms with E-state index >= 15 is 0 Å². The first-order chi connectivity index (χ1) is 15.1. The maximum Gasteiger partial charge on any atom is 0.227 e. The molecule has 1 atom stereocenters. The highest BCUT2D eigenvalue weighted by Gasteiger charge is 2.31. The zero-order valence-corrected chi connectivity index (χ0v) is 18.2. The Kier molecular flexibility index (Phi) is 5.21. The number of piperidine rings is 1. The highest BCUT2D eigenvalue weighted by atomic mass is 16.2. The van der Waals surface area contributed by atoms with E-state index in [4.69, 9.17) is 9.97 Å². The van der Waals surface area contributed by atoms with Crippen LogP contribution in [0.25, 0.3) is 22.7 Å². The zero-order valence-electron chi connectivity index (χ0n) is 18.2. The molecule has 8 heteroatoms. The summed E-state index contributed by atoms with van der Waals surface area (Å²) in [6.07, 6.45) is 4.24. The molecule has 2 aliphatic rings. The number of carbonyl (C=O) groups excluding carboxylic acids is 1. The molecule has 0 bridgehead atoms. The van der Waals surface area contributed by atoms with Crippen LogP contribution in [-0.4, -0.2) is 71.0 Å². The molecule has 5 rings (SSSR count). The molecule has 1 unspecified atom stereocenters. The van der Waals surface area contributed by atoms with Gasteiger partial charge in [-0.1, -0.05) is 6.07 Å². The lowest BCUT2D eigenvalue weighted by atomic mass is 9.96. The van der Waals surface area contributed by atoms with Crippen LogP contribution >= 0.6 is 0 Å². The van der Waals surface area contributed by atoms with Crippen molar-refractivity contribution in [2.45, 2.75) is 25.7 Å². The number of aromatic amines is 1. The number of likely N-dealkylation sites (tertiary alicyclic amines) is 1. The van der Waals surface area contributed by atoms with Gasteiger partial charge in [0.05, 0.1) is 11.4 Å². The molecule has 2 aliphatic heterocycles. The van der Waals surface area contributed by atoms with Gasteiger partial charge in [0, 0.05) is 40.3 Å². The molecule has 1 amide bonds. The second-order valence-electron chi connectivity index (χ2n) is 8.72. The lowest BCUT2D eigenvalue weighted by Crippen LogP contribution is -2.44. The molecule has 2 fully saturated rings. The van der Waals surface area contributed by atoms with Crippen LogP contribution in [0.4, 0.5) is 11.6 Å². The minimum absolute atomic E-state index is 0.0667. The molecule has 5 heterocycles. The number of nitrogens with one attached hydrogen (secondary N) is 1. The van der Waals surface area contributed by atoms with Crippen molar-refractivity contribution in [2.24, 2.45) is 5.92 Å². The van der Waals surface area contributed by atoms with Gasteiger partial charge in [0.2, 0.25) is 5.91 Å². The van der Waals surface area contributed by atoms with Crippen molar-refractivity contribution >= 4 is 28.7 Å². The number of fused-ring (bicyclic) bond motifs is 1. The third-order valence-electron chi connectivity index (χ3n) is 6.28. The molecule has 0 aliphatic carbocycles. The predicted molar refractivity (Wildman–Crippen MR) is 122 cm³/mol. The molecule has 0 radical (unpaired) electrons. The molecule has 3 aromatic rings. The third kappa shape index (κ3) is 3.94. The highest BCUT2D eigenvalue weighted by molar-refractivity contribution is 5.80. The Labute approximate surface area is 182 Å². The SMILES string of the molecule is CN(C)c1cccc(-c2nc3nc(N4CCCC(C(=O)N5CCCC5)C4)ccc3[nH]2)n1. The molecule has 3 aromatic heterocycles. The van der Waals surface area contributed by atoms with Gasteiger partial charge in [0.15, 0.2) is 11.5 Å². The zero-order chi connectivity index (χ0) is 21.4. The second kappa shape index (κ2) is 8.17. The number of rotatable bonds is 4. The van der Waals surface area contributed by atoms with Crippen LogP contribution in [0.2, 0.25) is 0 Å². The van der Waals surface area contributed by atoms with Gasteiger partial charge in [0.25, 0.3) is 0 Å². The van der Waals surface area contributed by atoms with E-state index in [9.17, 15) is 4.79 Å². The summed E-state index contributed by atoms with van der Waals surface area (Å²) in [5.41, 5.74) is 2.36. The summed E-state index contributed by atoms with van der Waals surface area (Å²) in [5, 5.41) is 0. The molecule has 162 valence electrons. The maximum absolute atomic E-state index is 12.9. The third-order valence-corrected chi connectivity index (χ3v) is 6.28. The lowest BCUT2D eigenvalue weighted by molar-refractivity contribution is -0.134. The number of amides is 1. The van der Waals surface area contributed by atoms with E-state index in [2.05, 4.69) is 14.9 Å². The van der Waals surface area contributed by atoms with E-state index in [0.29, 0.717) is 17.4 Å². The first-order valence-electron chi connectivity index (χ1n) is 11.1. The summed E-state index contributed by atoms with van der Waals surface area (Å²) in [7, 11) is 3.94. The Morgan fingerprint density at radius 2 is 1.87 bits per heavy atom. The summed E-state index contributed by atoms with van der Waals surface area (Å²) in [6, 6.07) is 9.95. The van der Waals surface area contributed by atoms with E-state index in [1.54, 1.807) is 0 Å². The minimum Gasteiger partial charge on any atom is -0.363 e. The number of anilines is 2. The van der Waals surface area contributed by atoms with Crippen molar-refractivity contribution < 1.29 is 4.79 Å². The molecule has 1 N–H and O–H groups in total. The average molecular weight is 420 g/mol. The average Bonchev–Trinajstić information content (AvgIpc) is 3.48. The maximum atomic E-state index is 12.9. The Balaban J connectivity index is 1.37. The van der Waals surface area contributed by atoms with Gasteiger partial charge < -0.3 is 19.7 Å². The number of imidazole rings is 1. The summed E-state index contributed by atoms with van der Waals surface area (Å²) < 4.78 is 0. The highest BCUT2D eigenvalue weighted by Crippen LogP contribution is 2.27. The minimum atomic E-state index is 0.0667. The normalized spacial score (nSPS) is 19.2. The number of nitrogens with zero attached hydrogens (tertiary/aromatic N) is 6. The van der Waals surface area contributed by atoms with Crippen molar-refractivity contribution in [1.82, 2.24) is 24.8 Å². The summed E-state index contributed by atoms with van der Waals surface area (Å²) in [4.78, 5) is 36.7. The van der Waals surface area contributed by atoms with E-state index in [0.717, 1.165) is 74.7 Å². The van der Waals surface area contributed by atoms with Crippen molar-refractivity contribution in [3.63, 3.8) is 0 Å². The van der Waals surface area contributed by atoms with Crippen LogP contribution in [0.3, 0.4) is 0 Å². The molecule has 31 heavy (non-hydrogen) atoms. The first kappa shape index (κ1) is 19.8. The number of hydrogen-bond donors (Lipinski definition) is 1. The number of aromatic nitrogens is 4. The van der Waals surface area contributed by atoms with Gasteiger partial charge in [0.1, 0.15) is 17.3 Å². The van der Waals surface area contributed by atoms with E-state index in [1.165, 1.54) is 0 Å². The van der Waals surface area contributed by atoms with Crippen LogP contribution in [0.15, 0.2) is 30.3 Å². The predicted octanol–water partition coefficient (Wildman–Crippen LogP) is 2.92. The van der Waals surface area contributed by atoms with Crippen LogP contribution in [0, 0.1) is 5.92 Å². The van der Waals surface area contributed by atoms with Gasteiger partial charge in [-0.15, -0.1) is 0 Å². The van der Waals surface area contributed by atoms with Gasteiger partial charge >= 0.3 is 0 Å². The first-order valence-corrected chi connectivity index (χ1v) is 11.1. The molecular weight excluding hydrogens is 390 g/mol. The van der Waals surface area contributed by atoms with Crippen molar-refractivity contribution in [1.29, 1.82) is 0 Å². The van der Waals surface area contributed by atoms with Crippen molar-refractivity contribution in [3.05, 3.63) is 30.3 Å². The van der Waals surface area contributed by atoms with Crippen LogP contribution in [0.1, 0.15) is 25.7 Å². The number of hydrogen-bond acceptors (Lipinski definition) is 6. The largest absolute Gasteiger partial charge is 0.363 e. The van der Waals surface area contributed by atoms with Gasteiger partial charge in [-0.25, -0.2) is 15.0 Å². The Bertz CT molecular complexity index is 1090. The van der Waals surface area contributed by atoms with E-state index in [-0.39, 0.29) is 5.92 Å².